The highest BCUT2D eigenvalue weighted by atomic mass is 19.1. The second-order valence-electron chi connectivity index (χ2n) is 6.27. The monoisotopic (exact) mass is 327 g/mol. The number of hydrogen-bond donors (Lipinski definition) is 1. The minimum atomic E-state index is -0.348. The van der Waals surface area contributed by atoms with Crippen LogP contribution in [0.25, 0.3) is 0 Å². The van der Waals surface area contributed by atoms with Crippen LogP contribution in [0.5, 0.6) is 5.75 Å². The average Bonchev–Trinajstić information content (AvgIpc) is 2.62. The molecule has 0 radical (unpaired) electrons. The summed E-state index contributed by atoms with van der Waals surface area (Å²) in [6.45, 7) is 4.21. The molecule has 3 rings (SSSR count). The fourth-order valence-electron chi connectivity index (χ4n) is 3.27. The molecule has 0 aromatic heterocycles. The number of carbonyl (C=O) groups is 1. The molecule has 4 heteroatoms. The molecule has 1 heterocycles. The summed E-state index contributed by atoms with van der Waals surface area (Å²) in [5, 5.41) is 3.09. The van der Waals surface area contributed by atoms with Gasteiger partial charge in [-0.2, -0.15) is 0 Å². The largest absolute Gasteiger partial charge is 0.487 e. The van der Waals surface area contributed by atoms with Crippen molar-refractivity contribution in [3.63, 3.8) is 0 Å². The van der Waals surface area contributed by atoms with E-state index < -0.39 is 0 Å². The van der Waals surface area contributed by atoms with E-state index in [1.807, 2.05) is 24.3 Å². The summed E-state index contributed by atoms with van der Waals surface area (Å²) in [5.74, 6) is 0.286. The third kappa shape index (κ3) is 3.14. The number of benzene rings is 2. The molecule has 2 aromatic carbocycles. The van der Waals surface area contributed by atoms with Gasteiger partial charge >= 0.3 is 0 Å². The van der Waals surface area contributed by atoms with Crippen LogP contribution >= 0.6 is 0 Å². The molecular weight excluding hydrogens is 305 g/mol. The maximum absolute atomic E-state index is 13.1. The molecule has 0 fully saturated rings. The lowest BCUT2D eigenvalue weighted by atomic mass is 9.83. The van der Waals surface area contributed by atoms with E-state index in [9.17, 15) is 9.18 Å². The maximum atomic E-state index is 13.1. The highest BCUT2D eigenvalue weighted by Crippen LogP contribution is 2.42. The molecule has 1 aliphatic heterocycles. The summed E-state index contributed by atoms with van der Waals surface area (Å²) in [7, 11) is 0. The Morgan fingerprint density at radius 2 is 1.83 bits per heavy atom. The van der Waals surface area contributed by atoms with Crippen molar-refractivity contribution >= 4 is 5.91 Å². The third-order valence-corrected chi connectivity index (χ3v) is 4.90. The fraction of sp³-hybridized carbons (Fsp3) is 0.350. The lowest BCUT2D eigenvalue weighted by Crippen LogP contribution is -2.44. The zero-order chi connectivity index (χ0) is 17.2. The van der Waals surface area contributed by atoms with E-state index in [0.29, 0.717) is 5.56 Å². The number of para-hydroxylation sites is 1. The Balaban J connectivity index is 1.88. The van der Waals surface area contributed by atoms with Crippen LogP contribution in [-0.4, -0.2) is 11.5 Å². The van der Waals surface area contributed by atoms with E-state index in [-0.39, 0.29) is 23.4 Å². The Morgan fingerprint density at radius 1 is 1.17 bits per heavy atom. The molecule has 0 aliphatic carbocycles. The second kappa shape index (κ2) is 6.63. The molecule has 0 spiro atoms. The van der Waals surface area contributed by atoms with E-state index in [1.165, 1.54) is 24.3 Å². The molecule has 0 saturated heterocycles. The van der Waals surface area contributed by atoms with Crippen LogP contribution in [0, 0.1) is 5.82 Å². The minimum absolute atomic E-state index is 0.118. The van der Waals surface area contributed by atoms with E-state index in [1.54, 1.807) is 0 Å². The smallest absolute Gasteiger partial charge is 0.251 e. The Hall–Kier alpha value is -2.36. The van der Waals surface area contributed by atoms with Gasteiger partial charge in [0.1, 0.15) is 17.2 Å². The molecule has 126 valence electrons. The van der Waals surface area contributed by atoms with Gasteiger partial charge in [-0.1, -0.05) is 32.0 Å². The quantitative estimate of drug-likeness (QED) is 0.888. The minimum Gasteiger partial charge on any atom is -0.487 e. The van der Waals surface area contributed by atoms with Crippen LogP contribution < -0.4 is 10.1 Å². The van der Waals surface area contributed by atoms with Crippen LogP contribution in [0.4, 0.5) is 4.39 Å². The summed E-state index contributed by atoms with van der Waals surface area (Å²) in [6, 6.07) is 13.3. The second-order valence-corrected chi connectivity index (χ2v) is 6.27. The Bertz CT molecular complexity index is 723. The number of hydrogen-bond acceptors (Lipinski definition) is 2. The number of rotatable bonds is 4. The van der Waals surface area contributed by atoms with Crippen molar-refractivity contribution in [3.05, 3.63) is 65.5 Å². The lowest BCUT2D eigenvalue weighted by molar-refractivity contribution is 0.0227. The number of fused-ring (bicyclic) bond motifs is 1. The summed E-state index contributed by atoms with van der Waals surface area (Å²) < 4.78 is 19.3. The van der Waals surface area contributed by atoms with Gasteiger partial charge in [-0.25, -0.2) is 4.39 Å². The van der Waals surface area contributed by atoms with Crippen LogP contribution in [0.3, 0.4) is 0 Å². The van der Waals surface area contributed by atoms with Crippen molar-refractivity contribution < 1.29 is 13.9 Å². The predicted octanol–water partition coefficient (Wildman–Crippen LogP) is 4.64. The Morgan fingerprint density at radius 3 is 2.50 bits per heavy atom. The number of ether oxygens (including phenoxy) is 1. The molecule has 0 saturated carbocycles. The molecule has 1 atom stereocenters. The van der Waals surface area contributed by atoms with Crippen molar-refractivity contribution in [1.82, 2.24) is 5.32 Å². The van der Waals surface area contributed by atoms with E-state index >= 15 is 0 Å². The lowest BCUT2D eigenvalue weighted by Gasteiger charge is -2.41. The standard InChI is InChI=1S/C20H22FNO2/c1-3-20(4-2)13-17(16-7-5-6-8-18(16)24-20)22-19(23)14-9-11-15(21)12-10-14/h5-12,17H,3-4,13H2,1-2H3,(H,22,23)/t17-/m1/s1. The summed E-state index contributed by atoms with van der Waals surface area (Å²) >= 11 is 0. The van der Waals surface area contributed by atoms with Crippen molar-refractivity contribution in [2.24, 2.45) is 0 Å². The average molecular weight is 327 g/mol. The molecular formula is C20H22FNO2. The van der Waals surface area contributed by atoms with Gasteiger partial charge in [0.25, 0.3) is 5.91 Å². The first kappa shape index (κ1) is 16.5. The van der Waals surface area contributed by atoms with Gasteiger partial charge in [-0.3, -0.25) is 4.79 Å². The first-order chi connectivity index (χ1) is 11.6. The maximum Gasteiger partial charge on any atom is 0.251 e. The first-order valence-corrected chi connectivity index (χ1v) is 8.41. The summed E-state index contributed by atoms with van der Waals surface area (Å²) in [6.07, 6.45) is 2.48. The van der Waals surface area contributed by atoms with Crippen LogP contribution in [0.1, 0.15) is 55.1 Å². The SMILES string of the molecule is CCC1(CC)C[C@@H](NC(=O)c2ccc(F)cc2)c2ccccc2O1. The van der Waals surface area contributed by atoms with Crippen molar-refractivity contribution in [2.75, 3.05) is 0 Å². The molecule has 1 amide bonds. The zero-order valence-corrected chi connectivity index (χ0v) is 14.0. The number of nitrogens with one attached hydrogen (secondary N) is 1. The molecule has 24 heavy (non-hydrogen) atoms. The summed E-state index contributed by atoms with van der Waals surface area (Å²) in [4.78, 5) is 12.5. The normalized spacial score (nSPS) is 18.4. The van der Waals surface area contributed by atoms with Crippen molar-refractivity contribution in [1.29, 1.82) is 0 Å². The number of carbonyl (C=O) groups excluding carboxylic acids is 1. The highest BCUT2D eigenvalue weighted by molar-refractivity contribution is 5.94. The van der Waals surface area contributed by atoms with E-state index in [2.05, 4.69) is 19.2 Å². The van der Waals surface area contributed by atoms with Crippen LogP contribution in [-0.2, 0) is 0 Å². The zero-order valence-electron chi connectivity index (χ0n) is 14.0. The number of halogens is 1. The van der Waals surface area contributed by atoms with Crippen LogP contribution in [0.15, 0.2) is 48.5 Å². The van der Waals surface area contributed by atoms with Gasteiger partial charge in [-0.15, -0.1) is 0 Å². The third-order valence-electron chi connectivity index (χ3n) is 4.90. The molecule has 0 unspecified atom stereocenters. The van der Waals surface area contributed by atoms with Gasteiger partial charge < -0.3 is 10.1 Å². The Labute approximate surface area is 141 Å². The molecule has 0 bridgehead atoms. The number of amides is 1. The van der Waals surface area contributed by atoms with E-state index in [0.717, 1.165) is 30.6 Å². The first-order valence-electron chi connectivity index (χ1n) is 8.41. The van der Waals surface area contributed by atoms with Gasteiger partial charge in [0.15, 0.2) is 0 Å². The predicted molar refractivity (Wildman–Crippen MR) is 91.6 cm³/mol. The highest BCUT2D eigenvalue weighted by Gasteiger charge is 2.38. The molecule has 2 aromatic rings. The van der Waals surface area contributed by atoms with Gasteiger partial charge in [0.05, 0.1) is 6.04 Å². The molecule has 3 nitrogen and oxygen atoms in total. The topological polar surface area (TPSA) is 38.3 Å². The van der Waals surface area contributed by atoms with Gasteiger partial charge in [0, 0.05) is 17.5 Å². The molecule has 1 aliphatic rings. The van der Waals surface area contributed by atoms with Crippen molar-refractivity contribution in [2.45, 2.75) is 44.8 Å². The summed E-state index contributed by atoms with van der Waals surface area (Å²) in [5.41, 5.74) is 1.18. The van der Waals surface area contributed by atoms with Gasteiger partial charge in [-0.05, 0) is 43.2 Å². The Kier molecular flexibility index (Phi) is 4.56. The molecule has 1 N–H and O–H groups in total. The van der Waals surface area contributed by atoms with E-state index in [4.69, 9.17) is 4.74 Å². The van der Waals surface area contributed by atoms with Gasteiger partial charge in [0.2, 0.25) is 0 Å². The van der Waals surface area contributed by atoms with Crippen LogP contribution in [0.2, 0.25) is 0 Å². The van der Waals surface area contributed by atoms with Crippen molar-refractivity contribution in [3.8, 4) is 5.75 Å². The fourth-order valence-corrected chi connectivity index (χ4v) is 3.27.